The zero-order valence-electron chi connectivity index (χ0n) is 11.1. The van der Waals surface area contributed by atoms with E-state index in [2.05, 4.69) is 0 Å². The predicted molar refractivity (Wildman–Crippen MR) is 81.8 cm³/mol. The molecule has 0 atom stereocenters. The van der Waals surface area contributed by atoms with Crippen LogP contribution in [0.2, 0.25) is 0 Å². The SMILES string of the molecule is O=C(O)/C=C/c1ccc(/C=C/c2ccc(O)c(O)c2)cc1. The van der Waals surface area contributed by atoms with Gasteiger partial charge < -0.3 is 15.3 Å². The quantitative estimate of drug-likeness (QED) is 0.456. The summed E-state index contributed by atoms with van der Waals surface area (Å²) < 4.78 is 0. The summed E-state index contributed by atoms with van der Waals surface area (Å²) in [6.07, 6.45) is 6.27. The van der Waals surface area contributed by atoms with E-state index in [-0.39, 0.29) is 11.5 Å². The number of rotatable bonds is 4. The summed E-state index contributed by atoms with van der Waals surface area (Å²) in [4.78, 5) is 10.4. The first-order valence-corrected chi connectivity index (χ1v) is 6.26. The smallest absolute Gasteiger partial charge is 0.328 e. The van der Waals surface area contributed by atoms with Crippen LogP contribution in [0.5, 0.6) is 11.5 Å². The maximum Gasteiger partial charge on any atom is 0.328 e. The molecule has 0 heterocycles. The Bertz CT molecular complexity index is 697. The lowest BCUT2D eigenvalue weighted by Gasteiger charge is -1.99. The van der Waals surface area contributed by atoms with Crippen molar-refractivity contribution in [1.82, 2.24) is 0 Å². The molecule has 2 aromatic rings. The lowest BCUT2D eigenvalue weighted by molar-refractivity contribution is -0.131. The van der Waals surface area contributed by atoms with Crippen LogP contribution in [0.4, 0.5) is 0 Å². The van der Waals surface area contributed by atoms with Crippen molar-refractivity contribution in [3.05, 3.63) is 65.2 Å². The van der Waals surface area contributed by atoms with Gasteiger partial charge in [0.25, 0.3) is 0 Å². The molecule has 0 spiro atoms. The molecule has 0 aromatic heterocycles. The Balaban J connectivity index is 2.10. The topological polar surface area (TPSA) is 77.8 Å². The molecular formula is C17H14O4. The van der Waals surface area contributed by atoms with Crippen LogP contribution in [0.15, 0.2) is 48.5 Å². The third-order valence-electron chi connectivity index (χ3n) is 2.82. The standard InChI is InChI=1S/C17H14O4/c18-15-9-7-14(11-16(15)19)6-5-12-1-3-13(4-2-12)8-10-17(20)21/h1-11,18-19H,(H,20,21)/b6-5+,10-8+. The molecule has 106 valence electrons. The van der Waals surface area contributed by atoms with Gasteiger partial charge in [-0.15, -0.1) is 0 Å². The summed E-state index contributed by atoms with van der Waals surface area (Å²) in [7, 11) is 0. The van der Waals surface area contributed by atoms with E-state index in [0.29, 0.717) is 0 Å². The fraction of sp³-hybridized carbons (Fsp3) is 0. The summed E-state index contributed by atoms with van der Waals surface area (Å²) in [5, 5.41) is 27.2. The minimum Gasteiger partial charge on any atom is -0.504 e. The minimum absolute atomic E-state index is 0.151. The highest BCUT2D eigenvalue weighted by Gasteiger charge is 1.97. The van der Waals surface area contributed by atoms with Gasteiger partial charge in [-0.2, -0.15) is 0 Å². The molecule has 2 rings (SSSR count). The molecule has 0 saturated heterocycles. The van der Waals surface area contributed by atoms with Gasteiger partial charge in [-0.1, -0.05) is 42.5 Å². The number of carboxylic acids is 1. The molecule has 0 fully saturated rings. The average molecular weight is 282 g/mol. The number of carboxylic acid groups (broad SMARTS) is 1. The second-order valence-electron chi connectivity index (χ2n) is 4.42. The van der Waals surface area contributed by atoms with Crippen molar-refractivity contribution < 1.29 is 20.1 Å². The molecule has 0 radical (unpaired) electrons. The lowest BCUT2D eigenvalue weighted by Crippen LogP contribution is -1.85. The van der Waals surface area contributed by atoms with Crippen molar-refractivity contribution in [2.75, 3.05) is 0 Å². The van der Waals surface area contributed by atoms with Crippen LogP contribution in [-0.4, -0.2) is 21.3 Å². The van der Waals surface area contributed by atoms with Crippen molar-refractivity contribution in [2.45, 2.75) is 0 Å². The van der Waals surface area contributed by atoms with Crippen LogP contribution in [-0.2, 0) is 4.79 Å². The monoisotopic (exact) mass is 282 g/mol. The van der Waals surface area contributed by atoms with Crippen molar-refractivity contribution >= 4 is 24.2 Å². The normalized spacial score (nSPS) is 11.2. The number of carbonyl (C=O) groups is 1. The van der Waals surface area contributed by atoms with Gasteiger partial charge in [0.2, 0.25) is 0 Å². The number of hydrogen-bond donors (Lipinski definition) is 3. The maximum atomic E-state index is 10.4. The van der Waals surface area contributed by atoms with Crippen LogP contribution in [0.25, 0.3) is 18.2 Å². The molecule has 4 nitrogen and oxygen atoms in total. The van der Waals surface area contributed by atoms with Crippen molar-refractivity contribution in [3.63, 3.8) is 0 Å². The molecular weight excluding hydrogens is 268 g/mol. The minimum atomic E-state index is -0.980. The molecule has 0 unspecified atom stereocenters. The van der Waals surface area contributed by atoms with Crippen molar-refractivity contribution in [1.29, 1.82) is 0 Å². The van der Waals surface area contributed by atoms with Crippen LogP contribution in [0, 0.1) is 0 Å². The first-order valence-electron chi connectivity index (χ1n) is 6.26. The molecule has 0 aliphatic rings. The lowest BCUT2D eigenvalue weighted by atomic mass is 10.1. The molecule has 0 aliphatic heterocycles. The first kappa shape index (κ1) is 14.4. The Kier molecular flexibility index (Phi) is 4.41. The summed E-state index contributed by atoms with van der Waals surface area (Å²) in [5.74, 6) is -1.29. The molecule has 0 amide bonds. The van der Waals surface area contributed by atoms with Gasteiger partial charge >= 0.3 is 5.97 Å². The van der Waals surface area contributed by atoms with Gasteiger partial charge in [-0.05, 0) is 34.9 Å². The van der Waals surface area contributed by atoms with E-state index in [4.69, 9.17) is 5.11 Å². The summed E-state index contributed by atoms with van der Waals surface area (Å²) in [6.45, 7) is 0. The molecule has 3 N–H and O–H groups in total. The summed E-state index contributed by atoms with van der Waals surface area (Å²) in [6, 6.07) is 11.9. The van der Waals surface area contributed by atoms with Gasteiger partial charge in [0, 0.05) is 6.08 Å². The van der Waals surface area contributed by atoms with E-state index in [1.807, 2.05) is 30.3 Å². The fourth-order valence-corrected chi connectivity index (χ4v) is 1.72. The van der Waals surface area contributed by atoms with Crippen molar-refractivity contribution in [3.8, 4) is 11.5 Å². The summed E-state index contributed by atoms with van der Waals surface area (Å²) in [5.41, 5.74) is 2.51. The highest BCUT2D eigenvalue weighted by atomic mass is 16.4. The van der Waals surface area contributed by atoms with Gasteiger partial charge in [0.15, 0.2) is 11.5 Å². The van der Waals surface area contributed by atoms with Gasteiger partial charge in [0.1, 0.15) is 0 Å². The van der Waals surface area contributed by atoms with Crippen molar-refractivity contribution in [2.24, 2.45) is 0 Å². The van der Waals surface area contributed by atoms with Gasteiger partial charge in [-0.3, -0.25) is 0 Å². The number of phenols is 2. The zero-order valence-corrected chi connectivity index (χ0v) is 11.1. The number of phenolic OH excluding ortho intramolecular Hbond substituents is 2. The molecule has 0 aliphatic carbocycles. The van der Waals surface area contributed by atoms with Crippen LogP contribution in [0.1, 0.15) is 16.7 Å². The van der Waals surface area contributed by atoms with Gasteiger partial charge in [0.05, 0.1) is 0 Å². The third kappa shape index (κ3) is 4.24. The largest absolute Gasteiger partial charge is 0.504 e. The van der Waals surface area contributed by atoms with Crippen LogP contribution in [0.3, 0.4) is 0 Å². The highest BCUT2D eigenvalue weighted by molar-refractivity contribution is 5.85. The fourth-order valence-electron chi connectivity index (χ4n) is 1.72. The van der Waals surface area contributed by atoms with Crippen LogP contribution >= 0.6 is 0 Å². The van der Waals surface area contributed by atoms with E-state index >= 15 is 0 Å². The Morgan fingerprint density at radius 2 is 1.29 bits per heavy atom. The molecule has 4 heteroatoms. The Morgan fingerprint density at radius 1 is 0.762 bits per heavy atom. The Hall–Kier alpha value is -3.01. The van der Waals surface area contributed by atoms with Gasteiger partial charge in [-0.25, -0.2) is 4.79 Å². The Morgan fingerprint density at radius 3 is 1.86 bits per heavy atom. The first-order chi connectivity index (χ1) is 10.0. The van der Waals surface area contributed by atoms with E-state index in [1.54, 1.807) is 12.1 Å². The predicted octanol–water partition coefficient (Wildman–Crippen LogP) is 3.37. The number of aliphatic carboxylic acids is 1. The second-order valence-corrected chi connectivity index (χ2v) is 4.42. The second kappa shape index (κ2) is 6.43. The molecule has 21 heavy (non-hydrogen) atoms. The third-order valence-corrected chi connectivity index (χ3v) is 2.82. The molecule has 0 saturated carbocycles. The highest BCUT2D eigenvalue weighted by Crippen LogP contribution is 2.25. The maximum absolute atomic E-state index is 10.4. The zero-order chi connectivity index (χ0) is 15.2. The van der Waals surface area contributed by atoms with E-state index < -0.39 is 5.97 Å². The van der Waals surface area contributed by atoms with Crippen LogP contribution < -0.4 is 0 Å². The van der Waals surface area contributed by atoms with E-state index in [0.717, 1.165) is 22.8 Å². The number of aromatic hydroxyl groups is 2. The summed E-state index contributed by atoms with van der Waals surface area (Å²) >= 11 is 0. The number of benzene rings is 2. The molecule has 0 bridgehead atoms. The Labute approximate surface area is 121 Å². The van der Waals surface area contributed by atoms with E-state index in [9.17, 15) is 15.0 Å². The number of hydrogen-bond acceptors (Lipinski definition) is 3. The average Bonchev–Trinajstić information content (AvgIpc) is 2.47. The van der Waals surface area contributed by atoms with E-state index in [1.165, 1.54) is 18.2 Å². The molecule has 2 aromatic carbocycles.